The molecule has 7 rings (SSSR count). The van der Waals surface area contributed by atoms with E-state index in [0.717, 1.165) is 34.2 Å². The predicted molar refractivity (Wildman–Crippen MR) is 161 cm³/mol. The highest BCUT2D eigenvalue weighted by Gasteiger charge is 1.81. The first-order valence-corrected chi connectivity index (χ1v) is 14.5. The van der Waals surface area contributed by atoms with Crippen molar-refractivity contribution in [3.8, 4) is 0 Å². The molecule has 0 bridgehead atoms. The maximum Gasteiger partial charge on any atom is 0.213 e. The molecule has 0 saturated heterocycles. The number of aromatic amines is 1. The molecule has 1 N–H and O–H groups in total. The van der Waals surface area contributed by atoms with Gasteiger partial charge in [0.15, 0.2) is 5.82 Å². The number of aryl methyl sites for hydroxylation is 7. The molecule has 0 amide bonds. The molecule has 0 aliphatic carbocycles. The van der Waals surface area contributed by atoms with Crippen LogP contribution in [0, 0.1) is 48.5 Å². The summed E-state index contributed by atoms with van der Waals surface area (Å²) < 4.78 is 24.7. The molecule has 0 aliphatic heterocycles. The summed E-state index contributed by atoms with van der Waals surface area (Å²) in [7, 11) is 0. The average Bonchev–Trinajstić information content (AvgIpc) is 3.79. The summed E-state index contributed by atoms with van der Waals surface area (Å²) in [4.78, 5) is 14.1. The van der Waals surface area contributed by atoms with Crippen LogP contribution in [-0.2, 0) is 0 Å². The Labute approximate surface area is 255 Å². The van der Waals surface area contributed by atoms with E-state index in [1.54, 1.807) is 49.7 Å². The SMILES string of the molecule is Cc1ccon1.Cc1ccsn1.Cc1cnc[nH]1.Cc1cnoc1.Cc1csnn1.Cc1ncon1.Cc1ncsn1. The smallest absolute Gasteiger partial charge is 0.213 e. The lowest BCUT2D eigenvalue weighted by Gasteiger charge is -1.67. The zero-order valence-corrected chi connectivity index (χ0v) is 26.7. The number of rotatable bonds is 0. The van der Waals surface area contributed by atoms with Gasteiger partial charge in [-0.25, -0.2) is 9.97 Å². The molecule has 0 fully saturated rings. The first-order valence-electron chi connectivity index (χ1n) is 12.0. The van der Waals surface area contributed by atoms with Gasteiger partial charge in [-0.15, -0.1) is 5.10 Å². The maximum atomic E-state index is 4.46. The highest BCUT2D eigenvalue weighted by atomic mass is 32.1. The molecule has 0 aliphatic rings. The van der Waals surface area contributed by atoms with E-state index in [9.17, 15) is 0 Å². The number of aromatic nitrogens is 11. The third-order valence-corrected chi connectivity index (χ3v) is 5.58. The molecule has 0 spiro atoms. The van der Waals surface area contributed by atoms with Crippen LogP contribution in [0.3, 0.4) is 0 Å². The average molecular weight is 632 g/mol. The van der Waals surface area contributed by atoms with Gasteiger partial charge in [0.05, 0.1) is 29.6 Å². The van der Waals surface area contributed by atoms with Crippen LogP contribution in [-0.4, -0.2) is 53.7 Å². The lowest BCUT2D eigenvalue weighted by Crippen LogP contribution is -1.66. The zero-order chi connectivity index (χ0) is 30.8. The third-order valence-electron chi connectivity index (χ3n) is 3.74. The molecule has 42 heavy (non-hydrogen) atoms. The third kappa shape index (κ3) is 21.4. The van der Waals surface area contributed by atoms with Crippen LogP contribution in [0.15, 0.2) is 79.6 Å². The van der Waals surface area contributed by atoms with Gasteiger partial charge in [0.2, 0.25) is 6.39 Å². The molecule has 7 aromatic rings. The van der Waals surface area contributed by atoms with Crippen LogP contribution in [0.5, 0.6) is 0 Å². The Balaban J connectivity index is 0.000000245. The van der Waals surface area contributed by atoms with Gasteiger partial charge in [-0.2, -0.15) is 13.7 Å². The van der Waals surface area contributed by atoms with E-state index >= 15 is 0 Å². The van der Waals surface area contributed by atoms with E-state index in [-0.39, 0.29) is 0 Å². The summed E-state index contributed by atoms with van der Waals surface area (Å²) in [5, 5.41) is 18.0. The van der Waals surface area contributed by atoms with Crippen molar-refractivity contribution >= 4 is 34.6 Å². The Morgan fingerprint density at radius 1 is 0.738 bits per heavy atom. The number of imidazole rings is 1. The molecule has 7 aromatic heterocycles. The number of hydrogen-bond acceptors (Lipinski definition) is 16. The van der Waals surface area contributed by atoms with Gasteiger partial charge in [-0.1, -0.05) is 20.0 Å². The van der Waals surface area contributed by atoms with Crippen molar-refractivity contribution in [2.75, 3.05) is 0 Å². The minimum atomic E-state index is 0.676. The summed E-state index contributed by atoms with van der Waals surface area (Å²) in [5.41, 5.74) is 6.93. The molecular weight excluding hydrogens is 599 g/mol. The first kappa shape index (κ1) is 35.5. The van der Waals surface area contributed by atoms with Gasteiger partial charge in [-0.05, 0) is 89.1 Å². The van der Waals surface area contributed by atoms with Gasteiger partial charge < -0.3 is 18.6 Å². The fraction of sp³-hybridized carbons (Fsp3) is 0.280. The highest BCUT2D eigenvalue weighted by molar-refractivity contribution is 7.03. The van der Waals surface area contributed by atoms with E-state index in [1.807, 2.05) is 58.4 Å². The van der Waals surface area contributed by atoms with Crippen LogP contribution in [0.1, 0.15) is 40.0 Å². The van der Waals surface area contributed by atoms with Crippen molar-refractivity contribution < 1.29 is 13.6 Å². The lowest BCUT2D eigenvalue weighted by molar-refractivity contribution is 0.412. The Morgan fingerprint density at radius 2 is 1.57 bits per heavy atom. The monoisotopic (exact) mass is 631 g/mol. The highest BCUT2D eigenvalue weighted by Crippen LogP contribution is 1.94. The van der Waals surface area contributed by atoms with E-state index in [1.165, 1.54) is 41.0 Å². The van der Waals surface area contributed by atoms with Gasteiger partial charge in [-0.3, -0.25) is 0 Å². The van der Waals surface area contributed by atoms with E-state index in [4.69, 9.17) is 0 Å². The second kappa shape index (κ2) is 23.2. The second-order valence-electron chi connectivity index (χ2n) is 7.72. The first-order chi connectivity index (χ1) is 20.3. The zero-order valence-electron chi connectivity index (χ0n) is 24.3. The van der Waals surface area contributed by atoms with Crippen LogP contribution < -0.4 is 0 Å². The summed E-state index contributed by atoms with van der Waals surface area (Å²) >= 11 is 4.25. The fourth-order valence-corrected chi connectivity index (χ4v) is 3.20. The maximum absolute atomic E-state index is 4.46. The van der Waals surface area contributed by atoms with Crippen molar-refractivity contribution in [3.63, 3.8) is 0 Å². The summed E-state index contributed by atoms with van der Waals surface area (Å²) in [6, 6.07) is 3.80. The standard InChI is InChI=1S/C4H6N2.2C4H5NO.C4H5NS.C3H4N2O.2C3H4N2S/c1-4-2-5-3-6-4;1-4-2-5-6-3-4;2*1-4-2-3-6-5-4;2*1-3-4-2-6-5-3;1-3-2-6-5-4-3/h2-3H,1H3,(H,5,6);3*2-3H,1H3;3*2H,1H3. The lowest BCUT2D eigenvalue weighted by atomic mass is 10.4. The number of H-pyrrole nitrogens is 1. The van der Waals surface area contributed by atoms with Crippen LogP contribution in [0.25, 0.3) is 0 Å². The van der Waals surface area contributed by atoms with E-state index in [2.05, 4.69) is 67.3 Å². The topological polar surface area (TPSA) is 184 Å². The molecule has 0 radical (unpaired) electrons. The molecular formula is C25H33N11O3S3. The van der Waals surface area contributed by atoms with Gasteiger partial charge >= 0.3 is 0 Å². The Bertz CT molecular complexity index is 1100. The van der Waals surface area contributed by atoms with Gasteiger partial charge in [0, 0.05) is 34.3 Å². The fourth-order valence-electron chi connectivity index (χ4n) is 1.79. The second-order valence-corrected chi connectivity index (χ2v) is 9.60. The molecule has 224 valence electrons. The molecule has 0 aromatic carbocycles. The summed E-state index contributed by atoms with van der Waals surface area (Å²) in [6.07, 6.45) is 9.56. The minimum absolute atomic E-state index is 0.676. The van der Waals surface area contributed by atoms with Crippen LogP contribution >= 0.6 is 34.6 Å². The number of nitrogens with one attached hydrogen (secondary N) is 1. The van der Waals surface area contributed by atoms with Crippen molar-refractivity contribution in [1.82, 2.24) is 53.7 Å². The molecule has 0 atom stereocenters. The molecule has 0 unspecified atom stereocenters. The quantitative estimate of drug-likeness (QED) is 0.199. The van der Waals surface area contributed by atoms with Crippen molar-refractivity contribution in [3.05, 3.63) is 106 Å². The number of nitrogens with zero attached hydrogens (tertiary/aromatic N) is 10. The van der Waals surface area contributed by atoms with Crippen molar-refractivity contribution in [1.29, 1.82) is 0 Å². The molecule has 0 saturated carbocycles. The summed E-state index contributed by atoms with van der Waals surface area (Å²) in [6.45, 7) is 13.3. The molecule has 7 heterocycles. The van der Waals surface area contributed by atoms with Crippen molar-refractivity contribution in [2.45, 2.75) is 48.5 Å². The Morgan fingerprint density at radius 3 is 1.74 bits per heavy atom. The van der Waals surface area contributed by atoms with Crippen molar-refractivity contribution in [2.24, 2.45) is 0 Å². The largest absolute Gasteiger partial charge is 0.365 e. The van der Waals surface area contributed by atoms with Crippen LogP contribution in [0.4, 0.5) is 0 Å². The predicted octanol–water partition coefficient (Wildman–Crippen LogP) is 6.21. The van der Waals surface area contributed by atoms with Gasteiger partial charge in [0.25, 0.3) is 0 Å². The van der Waals surface area contributed by atoms with E-state index < -0.39 is 0 Å². The normalized spacial score (nSPS) is 8.83. The molecule has 14 nitrogen and oxygen atoms in total. The van der Waals surface area contributed by atoms with Crippen LogP contribution in [0.2, 0.25) is 0 Å². The molecule has 17 heteroatoms. The van der Waals surface area contributed by atoms with Gasteiger partial charge in [0.1, 0.15) is 23.9 Å². The van der Waals surface area contributed by atoms with E-state index in [0.29, 0.717) is 5.82 Å². The number of hydrogen-bond donors (Lipinski definition) is 1. The minimum Gasteiger partial charge on any atom is -0.365 e. The Kier molecular flexibility index (Phi) is 19.7. The Hall–Kier alpha value is -4.48. The summed E-state index contributed by atoms with van der Waals surface area (Å²) in [5.74, 6) is 1.54.